The van der Waals surface area contributed by atoms with Crippen LogP contribution in [0.25, 0.3) is 0 Å². The second-order valence-electron chi connectivity index (χ2n) is 5.93. The van der Waals surface area contributed by atoms with Gasteiger partial charge in [-0.25, -0.2) is 4.99 Å². The second-order valence-corrected chi connectivity index (χ2v) is 6.78. The molecule has 0 saturated heterocycles. The van der Waals surface area contributed by atoms with Gasteiger partial charge in [-0.15, -0.1) is 35.7 Å². The number of hydrogen-bond acceptors (Lipinski definition) is 3. The van der Waals surface area contributed by atoms with Crippen molar-refractivity contribution in [2.45, 2.75) is 25.3 Å². The summed E-state index contributed by atoms with van der Waals surface area (Å²) in [5.74, 6) is 0.612. The van der Waals surface area contributed by atoms with E-state index in [1.807, 2.05) is 6.92 Å². The smallest absolute Gasteiger partial charge is 0.241 e. The first-order valence-electron chi connectivity index (χ1n) is 7.83. The maximum Gasteiger partial charge on any atom is 0.241 e. The van der Waals surface area contributed by atoms with Crippen LogP contribution in [0.2, 0.25) is 0 Å². The summed E-state index contributed by atoms with van der Waals surface area (Å²) in [6, 6.07) is 6.36. The SMILES string of the molecule is C=C(C)CNC(=NCc1ccc(C)cc1SC)NCC(=O)N(C)C.I. The number of thioether (sulfide) groups is 1. The first-order valence-corrected chi connectivity index (χ1v) is 9.06. The third kappa shape index (κ3) is 9.15. The van der Waals surface area contributed by atoms with Gasteiger partial charge >= 0.3 is 0 Å². The van der Waals surface area contributed by atoms with Gasteiger partial charge in [0.25, 0.3) is 0 Å². The average Bonchev–Trinajstić information content (AvgIpc) is 2.54. The number of halogens is 1. The van der Waals surface area contributed by atoms with Gasteiger partial charge in [-0.05, 0) is 37.3 Å². The van der Waals surface area contributed by atoms with E-state index in [2.05, 4.69) is 53.6 Å². The first-order chi connectivity index (χ1) is 11.3. The molecule has 1 rings (SSSR count). The molecule has 0 radical (unpaired) electrons. The molecule has 0 aliphatic rings. The van der Waals surface area contributed by atoms with Crippen LogP contribution in [0.5, 0.6) is 0 Å². The molecule has 1 aromatic rings. The van der Waals surface area contributed by atoms with E-state index >= 15 is 0 Å². The molecule has 2 N–H and O–H groups in total. The summed E-state index contributed by atoms with van der Waals surface area (Å²) in [5, 5.41) is 6.27. The minimum absolute atomic E-state index is 0. The number of likely N-dealkylation sites (N-methyl/N-ethyl adjacent to an activating group) is 1. The molecule has 0 fully saturated rings. The number of rotatable bonds is 7. The van der Waals surface area contributed by atoms with Crippen LogP contribution in [-0.2, 0) is 11.3 Å². The van der Waals surface area contributed by atoms with E-state index in [0.29, 0.717) is 19.0 Å². The molecule has 0 saturated carbocycles. The quantitative estimate of drug-likeness (QED) is 0.209. The number of amides is 1. The molecule has 0 aromatic heterocycles. The maximum atomic E-state index is 11.8. The van der Waals surface area contributed by atoms with Gasteiger partial charge in [-0.2, -0.15) is 0 Å². The molecule has 0 heterocycles. The third-order valence-electron chi connectivity index (χ3n) is 3.31. The Hall–Kier alpha value is -1.22. The van der Waals surface area contributed by atoms with Crippen LogP contribution in [0.15, 0.2) is 40.2 Å². The molecule has 0 unspecified atom stereocenters. The molecule has 7 heteroatoms. The van der Waals surface area contributed by atoms with E-state index in [-0.39, 0.29) is 36.4 Å². The number of aryl methyl sites for hydroxylation is 1. The van der Waals surface area contributed by atoms with Crippen molar-refractivity contribution in [2.75, 3.05) is 33.4 Å². The molecule has 1 amide bonds. The van der Waals surface area contributed by atoms with Crippen LogP contribution in [-0.4, -0.2) is 50.2 Å². The number of benzene rings is 1. The number of carbonyl (C=O) groups excluding carboxylic acids is 1. The maximum absolute atomic E-state index is 11.8. The van der Waals surface area contributed by atoms with Gasteiger partial charge in [0.2, 0.25) is 5.91 Å². The predicted molar refractivity (Wildman–Crippen MR) is 119 cm³/mol. The molecule has 5 nitrogen and oxygen atoms in total. The van der Waals surface area contributed by atoms with E-state index < -0.39 is 0 Å². The van der Waals surface area contributed by atoms with E-state index in [0.717, 1.165) is 5.57 Å². The topological polar surface area (TPSA) is 56.7 Å². The van der Waals surface area contributed by atoms with Crippen molar-refractivity contribution in [1.82, 2.24) is 15.5 Å². The highest BCUT2D eigenvalue weighted by molar-refractivity contribution is 14.0. The number of nitrogens with zero attached hydrogens (tertiary/aromatic N) is 2. The van der Waals surface area contributed by atoms with Crippen LogP contribution in [0, 0.1) is 6.92 Å². The standard InChI is InChI=1S/C18H28N4OS.HI/c1-13(2)10-19-18(21-12-17(23)22(4)5)20-11-15-8-7-14(3)9-16(15)24-6;/h7-9H,1,10-12H2,2-6H3,(H2,19,20,21);1H. The van der Waals surface area contributed by atoms with Crippen LogP contribution >= 0.6 is 35.7 Å². The lowest BCUT2D eigenvalue weighted by atomic mass is 10.1. The molecule has 0 aliphatic heterocycles. The van der Waals surface area contributed by atoms with Crippen molar-refractivity contribution >= 4 is 47.6 Å². The van der Waals surface area contributed by atoms with Crippen molar-refractivity contribution in [3.8, 4) is 0 Å². The lowest BCUT2D eigenvalue weighted by Crippen LogP contribution is -2.43. The van der Waals surface area contributed by atoms with E-state index in [4.69, 9.17) is 0 Å². The van der Waals surface area contributed by atoms with Crippen LogP contribution in [0.3, 0.4) is 0 Å². The molecule has 25 heavy (non-hydrogen) atoms. The van der Waals surface area contributed by atoms with E-state index in [9.17, 15) is 4.79 Å². The van der Waals surface area contributed by atoms with Gasteiger partial charge in [0.1, 0.15) is 0 Å². The summed E-state index contributed by atoms with van der Waals surface area (Å²) >= 11 is 1.72. The molecular weight excluding hydrogens is 447 g/mol. The Morgan fingerprint density at radius 1 is 1.28 bits per heavy atom. The van der Waals surface area contributed by atoms with E-state index in [1.54, 1.807) is 30.8 Å². The van der Waals surface area contributed by atoms with Crippen LogP contribution < -0.4 is 10.6 Å². The second kappa shape index (κ2) is 12.2. The van der Waals surface area contributed by atoms with Crippen molar-refractivity contribution in [3.05, 3.63) is 41.5 Å². The Morgan fingerprint density at radius 3 is 2.48 bits per heavy atom. The normalized spacial score (nSPS) is 10.7. The molecule has 0 aliphatic carbocycles. The molecule has 0 bridgehead atoms. The van der Waals surface area contributed by atoms with Crippen molar-refractivity contribution in [2.24, 2.45) is 4.99 Å². The van der Waals surface area contributed by atoms with Gasteiger partial charge in [-0.1, -0.05) is 24.3 Å². The fourth-order valence-corrected chi connectivity index (χ4v) is 2.57. The van der Waals surface area contributed by atoms with Crippen LogP contribution in [0.1, 0.15) is 18.1 Å². The highest BCUT2D eigenvalue weighted by Crippen LogP contribution is 2.22. The highest BCUT2D eigenvalue weighted by atomic mass is 127. The van der Waals surface area contributed by atoms with Gasteiger partial charge in [0, 0.05) is 25.5 Å². The summed E-state index contributed by atoms with van der Waals surface area (Å²) in [6.45, 7) is 9.29. The molecule has 1 aromatic carbocycles. The Kier molecular flexibility index (Phi) is 11.6. The Bertz CT molecular complexity index is 617. The summed E-state index contributed by atoms with van der Waals surface area (Å²) in [4.78, 5) is 19.1. The Morgan fingerprint density at radius 2 is 1.92 bits per heavy atom. The fraction of sp³-hybridized carbons (Fsp3) is 0.444. The zero-order valence-corrected chi connectivity index (χ0v) is 18.8. The number of aliphatic imine (C=N–C) groups is 1. The van der Waals surface area contributed by atoms with Crippen molar-refractivity contribution in [3.63, 3.8) is 0 Å². The minimum atomic E-state index is -0.0000336. The van der Waals surface area contributed by atoms with Crippen molar-refractivity contribution < 1.29 is 4.79 Å². The summed E-state index contributed by atoms with van der Waals surface area (Å²) in [7, 11) is 3.47. The number of nitrogens with one attached hydrogen (secondary N) is 2. The molecule has 140 valence electrons. The minimum Gasteiger partial charge on any atom is -0.353 e. The number of carbonyl (C=O) groups is 1. The summed E-state index contributed by atoms with van der Waals surface area (Å²) in [5.41, 5.74) is 3.41. The van der Waals surface area contributed by atoms with E-state index in [1.165, 1.54) is 16.0 Å². The van der Waals surface area contributed by atoms with Crippen molar-refractivity contribution in [1.29, 1.82) is 0 Å². The highest BCUT2D eigenvalue weighted by Gasteiger charge is 2.07. The monoisotopic (exact) mass is 476 g/mol. The molecule has 0 spiro atoms. The average molecular weight is 476 g/mol. The largest absolute Gasteiger partial charge is 0.353 e. The Balaban J connectivity index is 0.00000576. The first kappa shape index (κ1) is 23.8. The van der Waals surface area contributed by atoms with Crippen LogP contribution in [0.4, 0.5) is 0 Å². The summed E-state index contributed by atoms with van der Waals surface area (Å²) in [6.07, 6.45) is 2.07. The summed E-state index contributed by atoms with van der Waals surface area (Å²) < 4.78 is 0. The lowest BCUT2D eigenvalue weighted by molar-refractivity contribution is -0.127. The Labute approximate surface area is 172 Å². The zero-order chi connectivity index (χ0) is 18.1. The molecular formula is C18H29IN4OS. The van der Waals surface area contributed by atoms with Gasteiger partial charge < -0.3 is 15.5 Å². The predicted octanol–water partition coefficient (Wildman–Crippen LogP) is 3.03. The number of hydrogen-bond donors (Lipinski definition) is 2. The lowest BCUT2D eigenvalue weighted by Gasteiger charge is -2.15. The fourth-order valence-electron chi connectivity index (χ4n) is 1.87. The zero-order valence-electron chi connectivity index (χ0n) is 15.7. The molecule has 0 atom stereocenters. The van der Waals surface area contributed by atoms with Gasteiger partial charge in [0.05, 0.1) is 13.1 Å². The number of guanidine groups is 1. The van der Waals surface area contributed by atoms with Gasteiger partial charge in [0.15, 0.2) is 5.96 Å². The third-order valence-corrected chi connectivity index (χ3v) is 4.13. The van der Waals surface area contributed by atoms with Gasteiger partial charge in [-0.3, -0.25) is 4.79 Å².